The summed E-state index contributed by atoms with van der Waals surface area (Å²) in [6.45, 7) is 7.61. The van der Waals surface area contributed by atoms with Crippen LogP contribution in [0.25, 0.3) is 0 Å². The molecule has 0 aromatic carbocycles. The van der Waals surface area contributed by atoms with Crippen LogP contribution in [-0.2, 0) is 4.79 Å². The van der Waals surface area contributed by atoms with E-state index in [9.17, 15) is 4.79 Å². The summed E-state index contributed by atoms with van der Waals surface area (Å²) in [5, 5.41) is 10.5. The zero-order chi connectivity index (χ0) is 13.5. The third-order valence-corrected chi connectivity index (χ3v) is 2.56. The summed E-state index contributed by atoms with van der Waals surface area (Å²) >= 11 is 0. The van der Waals surface area contributed by atoms with Crippen LogP contribution in [0.2, 0.25) is 0 Å². The van der Waals surface area contributed by atoms with Crippen molar-refractivity contribution in [3.05, 3.63) is 5.89 Å². The van der Waals surface area contributed by atoms with Crippen molar-refractivity contribution >= 4 is 11.9 Å². The summed E-state index contributed by atoms with van der Waals surface area (Å²) < 4.78 is 5.26. The molecule has 0 saturated heterocycles. The Bertz CT molecular complexity index is 373. The first-order chi connectivity index (χ1) is 8.58. The molecular formula is C11H21N5O2. The summed E-state index contributed by atoms with van der Waals surface area (Å²) in [6.07, 6.45) is 0.400. The molecule has 0 spiro atoms. The maximum atomic E-state index is 11.7. The predicted octanol–water partition coefficient (Wildman–Crippen LogP) is 0.760. The number of nitrogens with zero attached hydrogens (tertiary/aromatic N) is 3. The van der Waals surface area contributed by atoms with Gasteiger partial charge >= 0.3 is 6.01 Å². The molecular weight excluding hydrogens is 234 g/mol. The van der Waals surface area contributed by atoms with Gasteiger partial charge in [0.25, 0.3) is 0 Å². The fraction of sp³-hybridized carbons (Fsp3) is 0.727. The summed E-state index contributed by atoms with van der Waals surface area (Å²) in [6, 6.07) is 0.0139. The van der Waals surface area contributed by atoms with E-state index in [0.29, 0.717) is 24.9 Å². The molecule has 1 aromatic rings. The second-order valence-electron chi connectivity index (χ2n) is 3.98. The number of carbonyl (C=O) groups excluding carboxylic acids is 1. The number of rotatable bonds is 7. The van der Waals surface area contributed by atoms with Crippen molar-refractivity contribution < 1.29 is 9.21 Å². The molecule has 1 rings (SSSR count). The minimum Gasteiger partial charge on any atom is -0.406 e. The van der Waals surface area contributed by atoms with Gasteiger partial charge in [-0.3, -0.25) is 4.79 Å². The fourth-order valence-corrected chi connectivity index (χ4v) is 1.50. The van der Waals surface area contributed by atoms with Gasteiger partial charge in [0.1, 0.15) is 0 Å². The lowest BCUT2D eigenvalue weighted by Gasteiger charge is -2.18. The topological polar surface area (TPSA) is 97.3 Å². The normalized spacial score (nSPS) is 12.2. The van der Waals surface area contributed by atoms with Crippen LogP contribution in [0.4, 0.5) is 6.01 Å². The van der Waals surface area contributed by atoms with E-state index < -0.39 is 0 Å². The largest absolute Gasteiger partial charge is 0.406 e. The molecule has 0 aliphatic carbocycles. The number of nitrogens with one attached hydrogen (secondary N) is 1. The highest BCUT2D eigenvalue weighted by Gasteiger charge is 2.11. The van der Waals surface area contributed by atoms with Crippen molar-refractivity contribution in [1.82, 2.24) is 15.1 Å². The Morgan fingerprint density at radius 3 is 2.61 bits per heavy atom. The van der Waals surface area contributed by atoms with Crippen LogP contribution in [0.5, 0.6) is 0 Å². The van der Waals surface area contributed by atoms with Crippen molar-refractivity contribution in [3.8, 4) is 0 Å². The number of carbonyl (C=O) groups is 1. The Labute approximate surface area is 107 Å². The predicted molar refractivity (Wildman–Crippen MR) is 67.9 cm³/mol. The molecule has 1 atom stereocenters. The summed E-state index contributed by atoms with van der Waals surface area (Å²) in [7, 11) is 0. The number of nitrogens with two attached hydrogens (primary N) is 1. The van der Waals surface area contributed by atoms with Gasteiger partial charge in [0.15, 0.2) is 0 Å². The van der Waals surface area contributed by atoms with E-state index in [4.69, 9.17) is 10.2 Å². The van der Waals surface area contributed by atoms with Gasteiger partial charge in [-0.1, -0.05) is 5.10 Å². The van der Waals surface area contributed by atoms with Crippen LogP contribution < -0.4 is 11.1 Å². The van der Waals surface area contributed by atoms with Crippen molar-refractivity contribution in [3.63, 3.8) is 0 Å². The zero-order valence-electron chi connectivity index (χ0n) is 11.1. The van der Waals surface area contributed by atoms with Gasteiger partial charge in [-0.25, -0.2) is 0 Å². The summed E-state index contributed by atoms with van der Waals surface area (Å²) in [5.74, 6) is 0.493. The Morgan fingerprint density at radius 1 is 1.44 bits per heavy atom. The van der Waals surface area contributed by atoms with Crippen LogP contribution in [-0.4, -0.2) is 40.6 Å². The van der Waals surface area contributed by atoms with Gasteiger partial charge in [0, 0.05) is 26.1 Å². The second kappa shape index (κ2) is 6.95. The molecule has 0 aliphatic heterocycles. The monoisotopic (exact) mass is 255 g/mol. The molecule has 18 heavy (non-hydrogen) atoms. The van der Waals surface area contributed by atoms with Crippen LogP contribution in [0.15, 0.2) is 4.42 Å². The van der Waals surface area contributed by atoms with E-state index >= 15 is 0 Å². The van der Waals surface area contributed by atoms with E-state index in [1.807, 2.05) is 13.8 Å². The fourth-order valence-electron chi connectivity index (χ4n) is 1.50. The number of hydrogen-bond acceptors (Lipinski definition) is 6. The number of anilines is 1. The van der Waals surface area contributed by atoms with Crippen molar-refractivity contribution in [1.29, 1.82) is 0 Å². The first-order valence-electron chi connectivity index (χ1n) is 6.19. The molecule has 1 amide bonds. The standard InChI is InChI=1S/C11H21N5O2/c1-4-16(5-2)9(17)6-7-13-11-15-14-10(18-11)8(3)12/h8H,4-7,12H2,1-3H3,(H,13,15). The molecule has 7 heteroatoms. The SMILES string of the molecule is CCN(CC)C(=O)CCNc1nnc(C(C)N)o1. The van der Waals surface area contributed by atoms with E-state index in [1.54, 1.807) is 11.8 Å². The number of hydrogen-bond donors (Lipinski definition) is 2. The summed E-state index contributed by atoms with van der Waals surface area (Å²) in [4.78, 5) is 13.5. The molecule has 0 fully saturated rings. The van der Waals surface area contributed by atoms with Crippen LogP contribution in [0.1, 0.15) is 39.1 Å². The van der Waals surface area contributed by atoms with E-state index in [1.165, 1.54) is 0 Å². The Kier molecular flexibility index (Phi) is 5.57. The molecule has 3 N–H and O–H groups in total. The van der Waals surface area contributed by atoms with Gasteiger partial charge in [-0.2, -0.15) is 0 Å². The first kappa shape index (κ1) is 14.4. The average molecular weight is 255 g/mol. The lowest BCUT2D eigenvalue weighted by atomic mass is 10.3. The average Bonchev–Trinajstić information content (AvgIpc) is 2.79. The maximum absolute atomic E-state index is 11.7. The molecule has 102 valence electrons. The second-order valence-corrected chi connectivity index (χ2v) is 3.98. The van der Waals surface area contributed by atoms with Crippen LogP contribution in [0, 0.1) is 0 Å². The lowest BCUT2D eigenvalue weighted by Crippen LogP contribution is -2.31. The molecule has 0 radical (unpaired) electrons. The highest BCUT2D eigenvalue weighted by atomic mass is 16.4. The van der Waals surface area contributed by atoms with Crippen LogP contribution in [0.3, 0.4) is 0 Å². The van der Waals surface area contributed by atoms with Crippen molar-refractivity contribution in [2.45, 2.75) is 33.2 Å². The van der Waals surface area contributed by atoms with Crippen LogP contribution >= 0.6 is 0 Å². The molecule has 7 nitrogen and oxygen atoms in total. The van der Waals surface area contributed by atoms with Crippen molar-refractivity contribution in [2.75, 3.05) is 25.0 Å². The maximum Gasteiger partial charge on any atom is 0.315 e. The van der Waals surface area contributed by atoms with E-state index in [0.717, 1.165) is 13.1 Å². The third-order valence-electron chi connectivity index (χ3n) is 2.56. The lowest BCUT2D eigenvalue weighted by molar-refractivity contribution is -0.130. The smallest absolute Gasteiger partial charge is 0.315 e. The van der Waals surface area contributed by atoms with Gasteiger partial charge < -0.3 is 20.4 Å². The van der Waals surface area contributed by atoms with Gasteiger partial charge in [-0.15, -0.1) is 5.10 Å². The van der Waals surface area contributed by atoms with Gasteiger partial charge in [0.2, 0.25) is 11.8 Å². The van der Waals surface area contributed by atoms with E-state index in [-0.39, 0.29) is 11.9 Å². The molecule has 1 unspecified atom stereocenters. The Morgan fingerprint density at radius 2 is 2.11 bits per heavy atom. The third kappa shape index (κ3) is 3.99. The molecule has 0 aliphatic rings. The van der Waals surface area contributed by atoms with Gasteiger partial charge in [-0.05, 0) is 20.8 Å². The minimum atomic E-state index is -0.287. The highest BCUT2D eigenvalue weighted by Crippen LogP contribution is 2.10. The zero-order valence-corrected chi connectivity index (χ0v) is 11.1. The Hall–Kier alpha value is -1.63. The number of aromatic nitrogens is 2. The number of amides is 1. The first-order valence-corrected chi connectivity index (χ1v) is 6.19. The molecule has 1 aromatic heterocycles. The minimum absolute atomic E-state index is 0.111. The molecule has 1 heterocycles. The highest BCUT2D eigenvalue weighted by molar-refractivity contribution is 5.76. The van der Waals surface area contributed by atoms with Crippen molar-refractivity contribution in [2.24, 2.45) is 5.73 Å². The summed E-state index contributed by atoms with van der Waals surface area (Å²) in [5.41, 5.74) is 5.59. The quantitative estimate of drug-likeness (QED) is 0.746. The van der Waals surface area contributed by atoms with Gasteiger partial charge in [0.05, 0.1) is 6.04 Å². The molecule has 0 bridgehead atoms. The molecule has 0 saturated carbocycles. The Balaban J connectivity index is 2.34. The van der Waals surface area contributed by atoms with E-state index in [2.05, 4.69) is 15.5 Å².